The van der Waals surface area contributed by atoms with Crippen LogP contribution in [0.15, 0.2) is 5.38 Å². The van der Waals surface area contributed by atoms with Crippen LogP contribution in [0.5, 0.6) is 0 Å². The maximum atomic E-state index is 13.9. The Morgan fingerprint density at radius 2 is 1.77 bits per heavy atom. The first-order valence-electron chi connectivity index (χ1n) is 13.2. The number of likely N-dealkylation sites (N-methyl/N-ethyl adjacent to an activating group) is 1. The van der Waals surface area contributed by atoms with Crippen LogP contribution in [0.2, 0.25) is 0 Å². The van der Waals surface area contributed by atoms with Gasteiger partial charge in [-0.2, -0.15) is 0 Å². The number of amides is 3. The highest BCUT2D eigenvalue weighted by atomic mass is 32.1. The number of rotatable bonds is 14. The van der Waals surface area contributed by atoms with Crippen LogP contribution in [0.25, 0.3) is 0 Å². The third-order valence-corrected chi connectivity index (χ3v) is 8.24. The highest BCUT2D eigenvalue weighted by Crippen LogP contribution is 2.32. The molecule has 40 heavy (non-hydrogen) atoms. The first-order valence-corrected chi connectivity index (χ1v) is 14.1. The molecule has 0 saturated heterocycles. The summed E-state index contributed by atoms with van der Waals surface area (Å²) in [5.41, 5.74) is -0.933. The molecule has 2 N–H and O–H groups in total. The lowest BCUT2D eigenvalue weighted by atomic mass is 9.87. The number of aromatic carboxylic acids is 1. The van der Waals surface area contributed by atoms with E-state index in [1.807, 2.05) is 20.8 Å². The molecule has 0 saturated carbocycles. The van der Waals surface area contributed by atoms with Gasteiger partial charge in [0.2, 0.25) is 11.8 Å². The summed E-state index contributed by atoms with van der Waals surface area (Å²) in [7, 11) is 8.37. The number of nitrogens with zero attached hydrogens (tertiary/aromatic N) is 4. The number of carbonyl (C=O) groups excluding carboxylic acids is 3. The van der Waals surface area contributed by atoms with E-state index in [1.54, 1.807) is 58.9 Å². The van der Waals surface area contributed by atoms with Crippen LogP contribution in [0, 0.1) is 30.1 Å². The van der Waals surface area contributed by atoms with Crippen molar-refractivity contribution in [1.82, 2.24) is 25.0 Å². The summed E-state index contributed by atoms with van der Waals surface area (Å²) in [6.45, 7) is 9.44. The van der Waals surface area contributed by atoms with E-state index in [-0.39, 0.29) is 36.4 Å². The topological polar surface area (TPSA) is 132 Å². The van der Waals surface area contributed by atoms with E-state index in [1.165, 1.54) is 10.3 Å². The molecule has 224 valence electrons. The van der Waals surface area contributed by atoms with Gasteiger partial charge < -0.3 is 25.0 Å². The zero-order valence-corrected chi connectivity index (χ0v) is 26.2. The van der Waals surface area contributed by atoms with Crippen LogP contribution in [0.4, 0.5) is 4.79 Å². The quantitative estimate of drug-likeness (QED) is 0.321. The normalized spacial score (nSPS) is 14.6. The minimum atomic E-state index is -1.19. The summed E-state index contributed by atoms with van der Waals surface area (Å²) < 4.78 is 5.70. The van der Waals surface area contributed by atoms with Crippen LogP contribution in [-0.4, -0.2) is 102 Å². The van der Waals surface area contributed by atoms with Crippen molar-refractivity contribution in [3.8, 4) is 12.3 Å². The molecule has 1 aromatic heterocycles. The number of hydrogen-bond donors (Lipinski definition) is 2. The fourth-order valence-electron chi connectivity index (χ4n) is 4.02. The SMILES string of the molecule is C#C[C@@H](CC)[C@H](CNC(=O)C(C)(C)N(C)C)C(=O)N(C)[C@H](C[C@@H](OC(=O)N(C)C)c1nc(C(=O)O)cs1)C(C)C. The van der Waals surface area contributed by atoms with Crippen LogP contribution >= 0.6 is 11.3 Å². The second-order valence-electron chi connectivity index (χ2n) is 11.1. The number of ether oxygens (including phenoxy) is 1. The summed E-state index contributed by atoms with van der Waals surface area (Å²) in [5.74, 6) is -0.0939. The highest BCUT2D eigenvalue weighted by molar-refractivity contribution is 7.09. The molecule has 0 spiro atoms. The van der Waals surface area contributed by atoms with Gasteiger partial charge in [-0.25, -0.2) is 14.6 Å². The van der Waals surface area contributed by atoms with Gasteiger partial charge in [0, 0.05) is 51.4 Å². The molecule has 3 amide bonds. The monoisotopic (exact) mass is 579 g/mol. The van der Waals surface area contributed by atoms with Crippen molar-refractivity contribution in [2.45, 2.75) is 65.1 Å². The van der Waals surface area contributed by atoms with Crippen LogP contribution in [0.3, 0.4) is 0 Å². The van der Waals surface area contributed by atoms with E-state index in [2.05, 4.69) is 16.2 Å². The molecule has 0 fully saturated rings. The van der Waals surface area contributed by atoms with E-state index in [4.69, 9.17) is 11.2 Å². The molecular weight excluding hydrogens is 534 g/mol. The molecule has 0 aliphatic heterocycles. The van der Waals surface area contributed by atoms with Crippen molar-refractivity contribution >= 4 is 35.2 Å². The summed E-state index contributed by atoms with van der Waals surface area (Å²) in [6, 6.07) is -0.420. The Kier molecular flexibility index (Phi) is 13.1. The van der Waals surface area contributed by atoms with Gasteiger partial charge >= 0.3 is 12.1 Å². The summed E-state index contributed by atoms with van der Waals surface area (Å²) in [4.78, 5) is 59.6. The van der Waals surface area contributed by atoms with E-state index < -0.39 is 41.6 Å². The first kappa shape index (κ1) is 34.9. The minimum absolute atomic E-state index is 0.0674. The van der Waals surface area contributed by atoms with Gasteiger partial charge in [0.1, 0.15) is 5.01 Å². The molecule has 12 heteroatoms. The lowest BCUT2D eigenvalue weighted by Crippen LogP contribution is -2.54. The Balaban J connectivity index is 3.34. The average Bonchev–Trinajstić information content (AvgIpc) is 3.38. The Morgan fingerprint density at radius 1 is 1.18 bits per heavy atom. The Morgan fingerprint density at radius 3 is 2.20 bits per heavy atom. The van der Waals surface area contributed by atoms with Gasteiger partial charge in [0.05, 0.1) is 11.5 Å². The van der Waals surface area contributed by atoms with Crippen molar-refractivity contribution in [3.05, 3.63) is 16.1 Å². The van der Waals surface area contributed by atoms with Gasteiger partial charge in [-0.05, 0) is 40.3 Å². The molecule has 1 aromatic rings. The standard InChI is InChI=1S/C28H45N5O6S/c1-12-18(13-2)19(15-29-26(37)28(5,6)32(9)10)24(34)33(11)21(17(3)4)14-22(39-27(38)31(7)8)23-30-20(16-40-23)25(35)36/h1,16-19,21-22H,13-15H2,2-11H3,(H,29,37)(H,35,36)/t18-,19-,21+,22+/m0/s1. The van der Waals surface area contributed by atoms with Gasteiger partial charge in [0.25, 0.3) is 0 Å². The molecule has 1 rings (SSSR count). The lowest BCUT2D eigenvalue weighted by Gasteiger charge is -2.37. The Bertz CT molecular complexity index is 1080. The number of carboxylic acids is 1. The average molecular weight is 580 g/mol. The van der Waals surface area contributed by atoms with E-state index in [0.717, 1.165) is 11.3 Å². The van der Waals surface area contributed by atoms with Gasteiger partial charge in [-0.3, -0.25) is 14.5 Å². The second-order valence-corrected chi connectivity index (χ2v) is 12.0. The number of terminal acetylenes is 1. The number of nitrogens with one attached hydrogen (secondary N) is 1. The second kappa shape index (κ2) is 15.0. The highest BCUT2D eigenvalue weighted by Gasteiger charge is 2.37. The van der Waals surface area contributed by atoms with Gasteiger partial charge in [-0.1, -0.05) is 20.8 Å². The smallest absolute Gasteiger partial charge is 0.409 e. The maximum absolute atomic E-state index is 13.9. The number of hydrogen-bond acceptors (Lipinski definition) is 8. The largest absolute Gasteiger partial charge is 0.476 e. The van der Waals surface area contributed by atoms with E-state index in [0.29, 0.717) is 11.4 Å². The third kappa shape index (κ3) is 8.93. The minimum Gasteiger partial charge on any atom is -0.476 e. The van der Waals surface area contributed by atoms with Gasteiger partial charge in [-0.15, -0.1) is 23.7 Å². The Labute approximate surface area is 242 Å². The van der Waals surface area contributed by atoms with Crippen molar-refractivity contribution < 1.29 is 29.0 Å². The van der Waals surface area contributed by atoms with Crippen molar-refractivity contribution in [1.29, 1.82) is 0 Å². The molecule has 1 heterocycles. The predicted molar refractivity (Wildman–Crippen MR) is 155 cm³/mol. The fraction of sp³-hybridized carbons (Fsp3) is 0.679. The molecular formula is C28H45N5O6S. The van der Waals surface area contributed by atoms with Gasteiger partial charge in [0.15, 0.2) is 11.8 Å². The van der Waals surface area contributed by atoms with Crippen LogP contribution in [0.1, 0.15) is 69.1 Å². The van der Waals surface area contributed by atoms with Crippen molar-refractivity contribution in [2.75, 3.05) is 41.8 Å². The zero-order valence-electron chi connectivity index (χ0n) is 25.3. The lowest BCUT2D eigenvalue weighted by molar-refractivity contribution is -0.139. The van der Waals surface area contributed by atoms with E-state index >= 15 is 0 Å². The predicted octanol–water partition coefficient (Wildman–Crippen LogP) is 3.19. The van der Waals surface area contributed by atoms with Crippen LogP contribution < -0.4 is 5.32 Å². The number of carboxylic acid groups (broad SMARTS) is 1. The zero-order chi connectivity index (χ0) is 30.9. The number of carbonyl (C=O) groups is 4. The molecule has 0 aliphatic carbocycles. The summed E-state index contributed by atoms with van der Waals surface area (Å²) >= 11 is 1.08. The van der Waals surface area contributed by atoms with E-state index in [9.17, 15) is 24.3 Å². The number of thiazole rings is 1. The third-order valence-electron chi connectivity index (χ3n) is 7.31. The number of aromatic nitrogens is 1. The first-order chi connectivity index (χ1) is 18.5. The molecule has 0 aromatic carbocycles. The van der Waals surface area contributed by atoms with Crippen molar-refractivity contribution in [3.63, 3.8) is 0 Å². The molecule has 0 aliphatic rings. The summed E-state index contributed by atoms with van der Waals surface area (Å²) in [6.07, 6.45) is 5.03. The van der Waals surface area contributed by atoms with Crippen molar-refractivity contribution in [2.24, 2.45) is 17.8 Å². The van der Waals surface area contributed by atoms with Crippen LogP contribution in [-0.2, 0) is 14.3 Å². The summed E-state index contributed by atoms with van der Waals surface area (Å²) in [5, 5.41) is 14.0. The molecule has 0 radical (unpaired) electrons. The fourth-order valence-corrected chi connectivity index (χ4v) is 4.86. The molecule has 0 unspecified atom stereocenters. The Hall–Kier alpha value is -3.17. The molecule has 4 atom stereocenters. The molecule has 11 nitrogen and oxygen atoms in total. The maximum Gasteiger partial charge on any atom is 0.409 e. The molecule has 0 bridgehead atoms.